The summed E-state index contributed by atoms with van der Waals surface area (Å²) >= 11 is 1.65. The number of carbonyl (C=O) groups excluding carboxylic acids is 1. The molecule has 0 unspecified atom stereocenters. The van der Waals surface area contributed by atoms with Gasteiger partial charge in [0.2, 0.25) is 0 Å². The van der Waals surface area contributed by atoms with E-state index in [4.69, 9.17) is 11.5 Å². The molecule has 0 saturated carbocycles. The largest absolute Gasteiger partial charge is 0.399 e. The predicted molar refractivity (Wildman–Crippen MR) is 81.4 cm³/mol. The topological polar surface area (TPSA) is 81.1 Å². The van der Waals surface area contributed by atoms with Crippen molar-refractivity contribution in [3.8, 4) is 0 Å². The summed E-state index contributed by atoms with van der Waals surface area (Å²) in [6.45, 7) is 0. The SMILES string of the molecule is CSc1ccc(NC(=O)c2cc(N)cc(N)c2)cc1. The first-order chi connectivity index (χ1) is 9.08. The van der Waals surface area contributed by atoms with Crippen LogP contribution in [-0.4, -0.2) is 12.2 Å². The zero-order valence-corrected chi connectivity index (χ0v) is 11.3. The molecule has 98 valence electrons. The second-order valence-corrected chi connectivity index (χ2v) is 4.95. The van der Waals surface area contributed by atoms with Crippen LogP contribution in [0.2, 0.25) is 0 Å². The third kappa shape index (κ3) is 3.42. The maximum Gasteiger partial charge on any atom is 0.255 e. The van der Waals surface area contributed by atoms with E-state index < -0.39 is 0 Å². The average molecular weight is 273 g/mol. The minimum Gasteiger partial charge on any atom is -0.399 e. The standard InChI is InChI=1S/C14H15N3OS/c1-19-13-4-2-12(3-5-13)17-14(18)9-6-10(15)8-11(16)7-9/h2-8H,15-16H2,1H3,(H,17,18). The normalized spacial score (nSPS) is 10.2. The Bertz CT molecular complexity index is 576. The molecule has 2 aromatic rings. The maximum absolute atomic E-state index is 12.0. The van der Waals surface area contributed by atoms with Crippen molar-refractivity contribution < 1.29 is 4.79 Å². The Hall–Kier alpha value is -2.14. The van der Waals surface area contributed by atoms with Crippen LogP contribution in [0.5, 0.6) is 0 Å². The van der Waals surface area contributed by atoms with Crippen LogP contribution in [0.25, 0.3) is 0 Å². The molecule has 0 aromatic heterocycles. The fourth-order valence-electron chi connectivity index (χ4n) is 1.69. The summed E-state index contributed by atoms with van der Waals surface area (Å²) in [4.78, 5) is 13.2. The van der Waals surface area contributed by atoms with Crippen LogP contribution in [0.15, 0.2) is 47.4 Å². The van der Waals surface area contributed by atoms with E-state index in [-0.39, 0.29) is 5.91 Å². The fourth-order valence-corrected chi connectivity index (χ4v) is 2.09. The van der Waals surface area contributed by atoms with Crippen LogP contribution < -0.4 is 16.8 Å². The minimum absolute atomic E-state index is 0.226. The first-order valence-corrected chi connectivity index (χ1v) is 6.92. The molecule has 1 amide bonds. The summed E-state index contributed by atoms with van der Waals surface area (Å²) in [7, 11) is 0. The summed E-state index contributed by atoms with van der Waals surface area (Å²) in [5.74, 6) is -0.226. The van der Waals surface area contributed by atoms with Gasteiger partial charge in [-0.3, -0.25) is 4.79 Å². The highest BCUT2D eigenvalue weighted by atomic mass is 32.2. The predicted octanol–water partition coefficient (Wildman–Crippen LogP) is 2.83. The number of nitrogens with two attached hydrogens (primary N) is 2. The number of nitrogens with one attached hydrogen (secondary N) is 1. The molecule has 5 N–H and O–H groups in total. The molecule has 19 heavy (non-hydrogen) atoms. The number of nitrogen functional groups attached to an aromatic ring is 2. The Balaban J connectivity index is 2.15. The molecule has 2 rings (SSSR count). The second-order valence-electron chi connectivity index (χ2n) is 4.07. The molecule has 4 nitrogen and oxygen atoms in total. The lowest BCUT2D eigenvalue weighted by Gasteiger charge is -2.07. The van der Waals surface area contributed by atoms with E-state index >= 15 is 0 Å². The zero-order valence-electron chi connectivity index (χ0n) is 10.5. The van der Waals surface area contributed by atoms with Crippen LogP contribution in [0.4, 0.5) is 17.1 Å². The fraction of sp³-hybridized carbons (Fsp3) is 0.0714. The van der Waals surface area contributed by atoms with Crippen molar-refractivity contribution in [3.63, 3.8) is 0 Å². The van der Waals surface area contributed by atoms with Crippen LogP contribution in [0.1, 0.15) is 10.4 Å². The summed E-state index contributed by atoms with van der Waals surface area (Å²) in [6.07, 6.45) is 2.00. The van der Waals surface area contributed by atoms with Crippen LogP contribution in [0, 0.1) is 0 Å². The van der Waals surface area contributed by atoms with Crippen LogP contribution >= 0.6 is 11.8 Å². The van der Waals surface area contributed by atoms with Gasteiger partial charge >= 0.3 is 0 Å². The summed E-state index contributed by atoms with van der Waals surface area (Å²) < 4.78 is 0. The molecule has 0 aliphatic heterocycles. The third-order valence-corrected chi connectivity index (χ3v) is 3.33. The van der Waals surface area contributed by atoms with Gasteiger partial charge in [-0.05, 0) is 48.7 Å². The minimum atomic E-state index is -0.226. The quantitative estimate of drug-likeness (QED) is 0.593. The molecule has 0 heterocycles. The highest BCUT2D eigenvalue weighted by Crippen LogP contribution is 2.19. The average Bonchev–Trinajstić information content (AvgIpc) is 2.38. The number of hydrogen-bond acceptors (Lipinski definition) is 4. The van der Waals surface area contributed by atoms with E-state index in [1.54, 1.807) is 30.0 Å². The monoisotopic (exact) mass is 273 g/mol. The van der Waals surface area contributed by atoms with E-state index in [0.717, 1.165) is 10.6 Å². The highest BCUT2D eigenvalue weighted by molar-refractivity contribution is 7.98. The second kappa shape index (κ2) is 5.67. The van der Waals surface area contributed by atoms with Crippen molar-refractivity contribution >= 4 is 34.7 Å². The van der Waals surface area contributed by atoms with Crippen molar-refractivity contribution in [2.75, 3.05) is 23.0 Å². The third-order valence-electron chi connectivity index (χ3n) is 2.59. The number of thioether (sulfide) groups is 1. The molecule has 0 fully saturated rings. The van der Waals surface area contributed by atoms with E-state index in [0.29, 0.717) is 16.9 Å². The maximum atomic E-state index is 12.0. The lowest BCUT2D eigenvalue weighted by molar-refractivity contribution is 0.102. The Labute approximate surface area is 116 Å². The highest BCUT2D eigenvalue weighted by Gasteiger charge is 2.07. The van der Waals surface area contributed by atoms with Crippen molar-refractivity contribution in [1.82, 2.24) is 0 Å². The van der Waals surface area contributed by atoms with E-state index in [2.05, 4.69) is 5.32 Å². The van der Waals surface area contributed by atoms with Gasteiger partial charge in [0.1, 0.15) is 0 Å². The van der Waals surface area contributed by atoms with Crippen LogP contribution in [0.3, 0.4) is 0 Å². The number of amides is 1. The van der Waals surface area contributed by atoms with E-state index in [1.807, 2.05) is 30.5 Å². The number of carbonyl (C=O) groups is 1. The Morgan fingerprint density at radius 2 is 1.63 bits per heavy atom. The summed E-state index contributed by atoms with van der Waals surface area (Å²) in [6, 6.07) is 12.4. The molecule has 0 radical (unpaired) electrons. The Kier molecular flexibility index (Phi) is 3.97. The molecular formula is C14H15N3OS. The molecular weight excluding hydrogens is 258 g/mol. The Morgan fingerprint density at radius 1 is 1.05 bits per heavy atom. The van der Waals surface area contributed by atoms with Gasteiger partial charge in [0, 0.05) is 27.5 Å². The molecule has 0 atom stereocenters. The van der Waals surface area contributed by atoms with Gasteiger partial charge in [-0.15, -0.1) is 11.8 Å². The number of anilines is 3. The molecule has 5 heteroatoms. The first-order valence-electron chi connectivity index (χ1n) is 5.70. The summed E-state index contributed by atoms with van der Waals surface area (Å²) in [5.41, 5.74) is 13.5. The summed E-state index contributed by atoms with van der Waals surface area (Å²) in [5, 5.41) is 2.80. The van der Waals surface area contributed by atoms with Gasteiger partial charge in [-0.25, -0.2) is 0 Å². The Morgan fingerprint density at radius 3 is 2.16 bits per heavy atom. The van der Waals surface area contributed by atoms with Crippen molar-refractivity contribution in [1.29, 1.82) is 0 Å². The lowest BCUT2D eigenvalue weighted by atomic mass is 10.1. The lowest BCUT2D eigenvalue weighted by Crippen LogP contribution is -2.12. The molecule has 0 bridgehead atoms. The van der Waals surface area contributed by atoms with Crippen molar-refractivity contribution in [2.45, 2.75) is 4.90 Å². The van der Waals surface area contributed by atoms with Gasteiger partial charge in [0.25, 0.3) is 5.91 Å². The van der Waals surface area contributed by atoms with Gasteiger partial charge in [0.05, 0.1) is 0 Å². The van der Waals surface area contributed by atoms with Crippen molar-refractivity contribution in [2.24, 2.45) is 0 Å². The first kappa shape index (κ1) is 13.3. The van der Waals surface area contributed by atoms with Gasteiger partial charge in [0.15, 0.2) is 0 Å². The molecule has 0 spiro atoms. The van der Waals surface area contributed by atoms with Gasteiger partial charge in [-0.2, -0.15) is 0 Å². The number of hydrogen-bond donors (Lipinski definition) is 3. The van der Waals surface area contributed by atoms with Crippen LogP contribution in [-0.2, 0) is 0 Å². The van der Waals surface area contributed by atoms with Gasteiger partial charge in [-0.1, -0.05) is 0 Å². The smallest absolute Gasteiger partial charge is 0.255 e. The van der Waals surface area contributed by atoms with Crippen molar-refractivity contribution in [3.05, 3.63) is 48.0 Å². The number of benzene rings is 2. The van der Waals surface area contributed by atoms with E-state index in [1.165, 1.54) is 0 Å². The number of rotatable bonds is 3. The molecule has 0 aliphatic carbocycles. The molecule has 2 aromatic carbocycles. The van der Waals surface area contributed by atoms with E-state index in [9.17, 15) is 4.79 Å². The van der Waals surface area contributed by atoms with Gasteiger partial charge < -0.3 is 16.8 Å². The molecule has 0 aliphatic rings. The molecule has 0 saturated heterocycles. The zero-order chi connectivity index (χ0) is 13.8.